The smallest absolute Gasteiger partial charge is 0.140 e. The first-order valence-electron chi connectivity index (χ1n) is 8.57. The molecule has 21 heavy (non-hydrogen) atoms. The van der Waals surface area contributed by atoms with Gasteiger partial charge in [0.2, 0.25) is 0 Å². The van der Waals surface area contributed by atoms with Gasteiger partial charge in [-0.2, -0.15) is 0 Å². The molecule has 3 nitrogen and oxygen atoms in total. The molecule has 0 radical (unpaired) electrons. The summed E-state index contributed by atoms with van der Waals surface area (Å²) >= 11 is 0. The standard InChI is InChI=1S/C17H27NO2.ClH/c19-16(1-2-18-3-5-20-6-4-18)17-10-13-7-14(11-17)9-15(8-13)12-17;/h13-15H,1-12H2;1H. The monoisotopic (exact) mass is 313 g/mol. The Morgan fingerprint density at radius 3 is 2.05 bits per heavy atom. The fraction of sp³-hybridized carbons (Fsp3) is 0.941. The molecule has 120 valence electrons. The summed E-state index contributed by atoms with van der Waals surface area (Å²) in [5.41, 5.74) is 0.112. The third-order valence-electron chi connectivity index (χ3n) is 6.39. The molecule has 4 saturated carbocycles. The van der Waals surface area contributed by atoms with Gasteiger partial charge in [0.05, 0.1) is 13.2 Å². The second-order valence-corrected chi connectivity index (χ2v) is 7.83. The van der Waals surface area contributed by atoms with E-state index in [0.717, 1.165) is 57.0 Å². The molecule has 5 rings (SSSR count). The van der Waals surface area contributed by atoms with Gasteiger partial charge in [0.1, 0.15) is 5.78 Å². The molecule has 4 heteroatoms. The summed E-state index contributed by atoms with van der Waals surface area (Å²) in [7, 11) is 0. The number of ketones is 1. The fourth-order valence-electron chi connectivity index (χ4n) is 5.80. The van der Waals surface area contributed by atoms with Crippen LogP contribution in [-0.2, 0) is 9.53 Å². The van der Waals surface area contributed by atoms with Gasteiger partial charge in [0, 0.05) is 31.5 Å². The summed E-state index contributed by atoms with van der Waals surface area (Å²) in [5.74, 6) is 3.25. The van der Waals surface area contributed by atoms with E-state index in [1.165, 1.54) is 38.5 Å². The van der Waals surface area contributed by atoms with Crippen molar-refractivity contribution >= 4 is 18.2 Å². The number of morpholine rings is 1. The van der Waals surface area contributed by atoms with Crippen molar-refractivity contribution < 1.29 is 9.53 Å². The zero-order valence-electron chi connectivity index (χ0n) is 12.9. The molecular weight excluding hydrogens is 286 g/mol. The van der Waals surface area contributed by atoms with Gasteiger partial charge in [-0.3, -0.25) is 9.69 Å². The lowest BCUT2D eigenvalue weighted by atomic mass is 9.48. The van der Waals surface area contributed by atoms with E-state index < -0.39 is 0 Å². The first-order chi connectivity index (χ1) is 9.73. The summed E-state index contributed by atoms with van der Waals surface area (Å²) in [5, 5.41) is 0. The van der Waals surface area contributed by atoms with Gasteiger partial charge in [-0.15, -0.1) is 12.4 Å². The minimum absolute atomic E-state index is 0. The van der Waals surface area contributed by atoms with Gasteiger partial charge in [-0.05, 0) is 56.3 Å². The van der Waals surface area contributed by atoms with E-state index in [2.05, 4.69) is 4.90 Å². The largest absolute Gasteiger partial charge is 0.379 e. The zero-order chi connectivity index (χ0) is 13.6. The number of hydrogen-bond acceptors (Lipinski definition) is 3. The molecule has 1 aliphatic heterocycles. The summed E-state index contributed by atoms with van der Waals surface area (Å²) in [6.07, 6.45) is 8.73. The molecule has 4 bridgehead atoms. The Morgan fingerprint density at radius 1 is 1.00 bits per heavy atom. The van der Waals surface area contributed by atoms with Crippen molar-refractivity contribution in [3.05, 3.63) is 0 Å². The van der Waals surface area contributed by atoms with Crippen molar-refractivity contribution in [1.82, 2.24) is 4.90 Å². The molecule has 0 atom stereocenters. The maximum absolute atomic E-state index is 12.9. The average molecular weight is 314 g/mol. The minimum Gasteiger partial charge on any atom is -0.379 e. The number of carbonyl (C=O) groups excluding carboxylic acids is 1. The Kier molecular flexibility index (Phi) is 4.63. The van der Waals surface area contributed by atoms with E-state index in [4.69, 9.17) is 4.74 Å². The Balaban J connectivity index is 0.00000132. The second kappa shape index (κ2) is 6.17. The Hall–Kier alpha value is -0.120. The number of halogens is 1. The summed E-state index contributed by atoms with van der Waals surface area (Å²) in [6, 6.07) is 0. The first kappa shape index (κ1) is 15.8. The van der Waals surface area contributed by atoms with Crippen LogP contribution in [0.3, 0.4) is 0 Å². The number of ether oxygens (including phenoxy) is 1. The highest BCUT2D eigenvalue weighted by Crippen LogP contribution is 2.60. The van der Waals surface area contributed by atoms with E-state index in [-0.39, 0.29) is 17.8 Å². The van der Waals surface area contributed by atoms with Crippen molar-refractivity contribution in [3.63, 3.8) is 0 Å². The number of hydrogen-bond donors (Lipinski definition) is 0. The van der Waals surface area contributed by atoms with E-state index in [0.29, 0.717) is 5.78 Å². The van der Waals surface area contributed by atoms with Crippen molar-refractivity contribution in [3.8, 4) is 0 Å². The minimum atomic E-state index is 0. The molecule has 0 aromatic heterocycles. The van der Waals surface area contributed by atoms with E-state index in [1.54, 1.807) is 0 Å². The van der Waals surface area contributed by atoms with Crippen LogP contribution in [0.5, 0.6) is 0 Å². The predicted octanol–water partition coefficient (Wildman–Crippen LogP) is 2.92. The molecule has 0 spiro atoms. The highest BCUT2D eigenvalue weighted by atomic mass is 35.5. The van der Waals surface area contributed by atoms with Crippen molar-refractivity contribution in [1.29, 1.82) is 0 Å². The van der Waals surface area contributed by atoms with Gasteiger partial charge < -0.3 is 4.74 Å². The van der Waals surface area contributed by atoms with Crippen LogP contribution in [0.4, 0.5) is 0 Å². The topological polar surface area (TPSA) is 29.5 Å². The van der Waals surface area contributed by atoms with Crippen LogP contribution in [0.1, 0.15) is 44.9 Å². The molecule has 1 heterocycles. The van der Waals surface area contributed by atoms with E-state index in [9.17, 15) is 4.79 Å². The van der Waals surface area contributed by atoms with Crippen molar-refractivity contribution in [2.75, 3.05) is 32.8 Å². The van der Waals surface area contributed by atoms with Crippen LogP contribution in [0.25, 0.3) is 0 Å². The molecule has 5 fully saturated rings. The van der Waals surface area contributed by atoms with Crippen molar-refractivity contribution in [2.45, 2.75) is 44.9 Å². The quantitative estimate of drug-likeness (QED) is 0.799. The Bertz CT molecular complexity index is 357. The van der Waals surface area contributed by atoms with Gasteiger partial charge in [0.15, 0.2) is 0 Å². The number of Topliss-reactive ketones (excluding diaryl/α,β-unsaturated/α-hetero) is 1. The van der Waals surface area contributed by atoms with Crippen LogP contribution in [0, 0.1) is 23.2 Å². The SMILES string of the molecule is Cl.O=C(CCN1CCOCC1)C12CC3CC(CC(C3)C1)C2. The molecule has 0 aromatic rings. The lowest BCUT2D eigenvalue weighted by Gasteiger charge is -2.56. The average Bonchev–Trinajstić information content (AvgIpc) is 2.44. The molecule has 5 aliphatic rings. The molecule has 0 N–H and O–H groups in total. The number of nitrogens with zero attached hydrogens (tertiary/aromatic N) is 1. The van der Waals surface area contributed by atoms with E-state index in [1.807, 2.05) is 0 Å². The van der Waals surface area contributed by atoms with Crippen molar-refractivity contribution in [2.24, 2.45) is 23.2 Å². The van der Waals surface area contributed by atoms with Crippen LogP contribution in [0.15, 0.2) is 0 Å². The molecular formula is C17H28ClNO2. The fourth-order valence-corrected chi connectivity index (χ4v) is 5.80. The van der Waals surface area contributed by atoms with Gasteiger partial charge in [0.25, 0.3) is 0 Å². The zero-order valence-corrected chi connectivity index (χ0v) is 13.7. The summed E-state index contributed by atoms with van der Waals surface area (Å²) in [4.78, 5) is 15.3. The lowest BCUT2D eigenvalue weighted by Crippen LogP contribution is -2.50. The van der Waals surface area contributed by atoms with Crippen LogP contribution in [0.2, 0.25) is 0 Å². The van der Waals surface area contributed by atoms with Gasteiger partial charge in [-0.25, -0.2) is 0 Å². The summed E-state index contributed by atoms with van der Waals surface area (Å²) in [6.45, 7) is 4.66. The van der Waals surface area contributed by atoms with Crippen LogP contribution in [-0.4, -0.2) is 43.5 Å². The maximum Gasteiger partial charge on any atom is 0.140 e. The Labute approximate surface area is 134 Å². The molecule has 4 aliphatic carbocycles. The second-order valence-electron chi connectivity index (χ2n) is 7.83. The van der Waals surface area contributed by atoms with Crippen LogP contribution >= 0.6 is 12.4 Å². The predicted molar refractivity (Wildman–Crippen MR) is 84.7 cm³/mol. The van der Waals surface area contributed by atoms with E-state index >= 15 is 0 Å². The van der Waals surface area contributed by atoms with Crippen LogP contribution < -0.4 is 0 Å². The van der Waals surface area contributed by atoms with Gasteiger partial charge >= 0.3 is 0 Å². The number of rotatable bonds is 4. The molecule has 1 saturated heterocycles. The third kappa shape index (κ3) is 3.02. The highest BCUT2D eigenvalue weighted by molar-refractivity contribution is 5.85. The maximum atomic E-state index is 12.9. The molecule has 0 aromatic carbocycles. The third-order valence-corrected chi connectivity index (χ3v) is 6.39. The summed E-state index contributed by atoms with van der Waals surface area (Å²) < 4.78 is 5.38. The molecule has 0 amide bonds. The Morgan fingerprint density at radius 2 is 1.52 bits per heavy atom. The molecule has 0 unspecified atom stereocenters. The normalized spacial score (nSPS) is 41.8. The lowest BCUT2D eigenvalue weighted by molar-refractivity contribution is -0.144. The first-order valence-corrected chi connectivity index (χ1v) is 8.57. The number of carbonyl (C=O) groups is 1. The highest BCUT2D eigenvalue weighted by Gasteiger charge is 2.53. The van der Waals surface area contributed by atoms with Gasteiger partial charge in [-0.1, -0.05) is 0 Å².